The Morgan fingerprint density at radius 3 is 2.58 bits per heavy atom. The van der Waals surface area contributed by atoms with E-state index in [4.69, 9.17) is 4.74 Å². The largest absolute Gasteiger partial charge is 0.493 e. The number of aryl methyl sites for hydroxylation is 2. The highest BCUT2D eigenvalue weighted by molar-refractivity contribution is 5.90. The number of fused-ring (bicyclic) bond motifs is 2. The molecule has 5 rings (SSSR count). The number of H-pyrrole nitrogens is 1. The molecule has 0 amide bonds. The first kappa shape index (κ1) is 19.5. The highest BCUT2D eigenvalue weighted by Gasteiger charge is 2.12. The lowest BCUT2D eigenvalue weighted by Crippen LogP contribution is -2.05. The van der Waals surface area contributed by atoms with Crippen LogP contribution >= 0.6 is 0 Å². The number of aromatic amines is 1. The molecule has 0 unspecified atom stereocenters. The Morgan fingerprint density at radius 2 is 1.71 bits per heavy atom. The van der Waals surface area contributed by atoms with Crippen molar-refractivity contribution in [1.82, 2.24) is 9.55 Å². The molecule has 156 valence electrons. The quantitative estimate of drug-likeness (QED) is 0.270. The van der Waals surface area contributed by atoms with Crippen LogP contribution in [-0.4, -0.2) is 16.2 Å². The minimum absolute atomic E-state index is 0.709. The molecule has 0 aliphatic heterocycles. The van der Waals surface area contributed by atoms with Crippen molar-refractivity contribution >= 4 is 21.8 Å². The number of nitrogens with zero attached hydrogens (tertiary/aromatic N) is 1. The molecule has 0 aliphatic carbocycles. The standard InChI is InChI=1S/C28H28N2O/c1-2-9-24-27(31-19-8-17-30-18-16-22-12-6-7-13-26(22)30)15-14-23-20-25(29-28(23)24)21-10-4-3-5-11-21/h3-7,10-16,18,20,29H,2,8-9,17,19H2,1H3. The number of ether oxygens (including phenoxy) is 1. The molecule has 3 aromatic carbocycles. The fourth-order valence-corrected chi connectivity index (χ4v) is 4.40. The summed E-state index contributed by atoms with van der Waals surface area (Å²) in [5, 5.41) is 2.54. The van der Waals surface area contributed by atoms with Crippen LogP contribution in [0.3, 0.4) is 0 Å². The van der Waals surface area contributed by atoms with Gasteiger partial charge in [-0.2, -0.15) is 0 Å². The van der Waals surface area contributed by atoms with E-state index in [1.54, 1.807) is 0 Å². The summed E-state index contributed by atoms with van der Waals surface area (Å²) in [6.07, 6.45) is 5.24. The third-order valence-corrected chi connectivity index (χ3v) is 5.93. The molecular formula is C28H28N2O. The van der Waals surface area contributed by atoms with Gasteiger partial charge in [-0.1, -0.05) is 61.9 Å². The van der Waals surface area contributed by atoms with Crippen molar-refractivity contribution in [3.05, 3.63) is 90.6 Å². The second kappa shape index (κ2) is 8.73. The summed E-state index contributed by atoms with van der Waals surface area (Å²) in [7, 11) is 0. The molecule has 0 saturated carbocycles. The van der Waals surface area contributed by atoms with Crippen LogP contribution in [0.15, 0.2) is 85.1 Å². The first-order valence-electron chi connectivity index (χ1n) is 11.2. The van der Waals surface area contributed by atoms with Crippen LogP contribution in [-0.2, 0) is 13.0 Å². The van der Waals surface area contributed by atoms with Gasteiger partial charge in [-0.3, -0.25) is 0 Å². The summed E-state index contributed by atoms with van der Waals surface area (Å²) in [5.41, 5.74) is 6.14. The van der Waals surface area contributed by atoms with E-state index < -0.39 is 0 Å². The van der Waals surface area contributed by atoms with Crippen LogP contribution in [0.1, 0.15) is 25.3 Å². The molecule has 0 radical (unpaired) electrons. The summed E-state index contributed by atoms with van der Waals surface area (Å²) in [6.45, 7) is 3.89. The predicted molar refractivity (Wildman–Crippen MR) is 130 cm³/mol. The Bertz CT molecular complexity index is 1300. The number of rotatable bonds is 8. The summed E-state index contributed by atoms with van der Waals surface area (Å²) >= 11 is 0. The maximum Gasteiger partial charge on any atom is 0.124 e. The second-order valence-corrected chi connectivity index (χ2v) is 8.08. The van der Waals surface area contributed by atoms with Crippen molar-refractivity contribution in [2.45, 2.75) is 32.7 Å². The third-order valence-electron chi connectivity index (χ3n) is 5.93. The number of hydrogen-bond donors (Lipinski definition) is 1. The molecule has 0 saturated heterocycles. The van der Waals surface area contributed by atoms with Crippen LogP contribution in [0.5, 0.6) is 5.75 Å². The Hall–Kier alpha value is -3.46. The molecular weight excluding hydrogens is 380 g/mol. The van der Waals surface area contributed by atoms with Crippen LogP contribution in [0.2, 0.25) is 0 Å². The van der Waals surface area contributed by atoms with Crippen molar-refractivity contribution in [2.24, 2.45) is 0 Å². The van der Waals surface area contributed by atoms with E-state index in [1.165, 1.54) is 32.9 Å². The number of benzene rings is 3. The van der Waals surface area contributed by atoms with Gasteiger partial charge >= 0.3 is 0 Å². The highest BCUT2D eigenvalue weighted by Crippen LogP contribution is 2.32. The first-order valence-corrected chi connectivity index (χ1v) is 11.2. The highest BCUT2D eigenvalue weighted by atomic mass is 16.5. The second-order valence-electron chi connectivity index (χ2n) is 8.08. The van der Waals surface area contributed by atoms with Crippen molar-refractivity contribution < 1.29 is 4.74 Å². The lowest BCUT2D eigenvalue weighted by molar-refractivity contribution is 0.300. The average molecular weight is 409 g/mol. The predicted octanol–water partition coefficient (Wildman–Crippen LogP) is 7.21. The van der Waals surface area contributed by atoms with Crippen molar-refractivity contribution in [3.8, 4) is 17.0 Å². The van der Waals surface area contributed by atoms with E-state index in [9.17, 15) is 0 Å². The summed E-state index contributed by atoms with van der Waals surface area (Å²) in [5.74, 6) is 1.01. The summed E-state index contributed by atoms with van der Waals surface area (Å²) in [4.78, 5) is 3.65. The fourth-order valence-electron chi connectivity index (χ4n) is 4.40. The molecule has 3 nitrogen and oxygen atoms in total. The maximum absolute atomic E-state index is 6.29. The Kier molecular flexibility index (Phi) is 5.49. The van der Waals surface area contributed by atoms with E-state index in [2.05, 4.69) is 102 Å². The molecule has 0 fully saturated rings. The lowest BCUT2D eigenvalue weighted by atomic mass is 10.1. The third kappa shape index (κ3) is 3.96. The van der Waals surface area contributed by atoms with E-state index >= 15 is 0 Å². The normalized spacial score (nSPS) is 11.4. The Balaban J connectivity index is 1.33. The van der Waals surface area contributed by atoms with Crippen molar-refractivity contribution in [1.29, 1.82) is 0 Å². The van der Waals surface area contributed by atoms with E-state index in [1.807, 2.05) is 0 Å². The molecule has 0 aliphatic rings. The van der Waals surface area contributed by atoms with Crippen LogP contribution in [0, 0.1) is 0 Å². The molecule has 1 N–H and O–H groups in total. The van der Waals surface area contributed by atoms with Gasteiger partial charge in [0.2, 0.25) is 0 Å². The van der Waals surface area contributed by atoms with Gasteiger partial charge < -0.3 is 14.3 Å². The molecule has 0 bridgehead atoms. The number of para-hydroxylation sites is 1. The minimum Gasteiger partial charge on any atom is -0.493 e. The average Bonchev–Trinajstić information content (AvgIpc) is 3.43. The van der Waals surface area contributed by atoms with Gasteiger partial charge in [-0.25, -0.2) is 0 Å². The molecule has 31 heavy (non-hydrogen) atoms. The van der Waals surface area contributed by atoms with Gasteiger partial charge in [0.15, 0.2) is 0 Å². The number of nitrogens with one attached hydrogen (secondary N) is 1. The van der Waals surface area contributed by atoms with Crippen molar-refractivity contribution in [3.63, 3.8) is 0 Å². The van der Waals surface area contributed by atoms with Gasteiger partial charge in [0.25, 0.3) is 0 Å². The van der Waals surface area contributed by atoms with E-state index in [0.717, 1.165) is 37.3 Å². The molecule has 3 heteroatoms. The van der Waals surface area contributed by atoms with Gasteiger partial charge in [0.1, 0.15) is 5.75 Å². The minimum atomic E-state index is 0.709. The van der Waals surface area contributed by atoms with Gasteiger partial charge in [-0.15, -0.1) is 0 Å². The summed E-state index contributed by atoms with van der Waals surface area (Å²) in [6, 6.07) is 27.8. The Labute approximate surface area is 183 Å². The molecule has 5 aromatic rings. The monoisotopic (exact) mass is 408 g/mol. The van der Waals surface area contributed by atoms with Crippen molar-refractivity contribution in [2.75, 3.05) is 6.61 Å². The SMILES string of the molecule is CCCc1c(OCCCn2ccc3ccccc32)ccc2cc(-c3ccccc3)[nH]c12. The molecule has 2 heterocycles. The van der Waals surface area contributed by atoms with Crippen LogP contribution < -0.4 is 4.74 Å². The van der Waals surface area contributed by atoms with Gasteiger partial charge in [0.05, 0.1) is 12.1 Å². The zero-order valence-electron chi connectivity index (χ0n) is 18.0. The maximum atomic E-state index is 6.29. The summed E-state index contributed by atoms with van der Waals surface area (Å²) < 4.78 is 8.60. The van der Waals surface area contributed by atoms with Crippen LogP contribution in [0.4, 0.5) is 0 Å². The molecule has 0 spiro atoms. The smallest absolute Gasteiger partial charge is 0.124 e. The van der Waals surface area contributed by atoms with E-state index in [0.29, 0.717) is 6.61 Å². The fraction of sp³-hybridized carbons (Fsp3) is 0.214. The van der Waals surface area contributed by atoms with Gasteiger partial charge in [-0.05, 0) is 54.1 Å². The number of aromatic nitrogens is 2. The van der Waals surface area contributed by atoms with Gasteiger partial charge in [0, 0.05) is 34.9 Å². The van der Waals surface area contributed by atoms with E-state index in [-0.39, 0.29) is 0 Å². The molecule has 2 aromatic heterocycles. The lowest BCUT2D eigenvalue weighted by Gasteiger charge is -2.13. The number of hydrogen-bond acceptors (Lipinski definition) is 1. The topological polar surface area (TPSA) is 29.9 Å². The zero-order valence-corrected chi connectivity index (χ0v) is 18.0. The molecule has 0 atom stereocenters. The zero-order chi connectivity index (χ0) is 21.0. The Morgan fingerprint density at radius 1 is 0.871 bits per heavy atom. The van der Waals surface area contributed by atoms with Crippen LogP contribution in [0.25, 0.3) is 33.1 Å². The first-order chi connectivity index (χ1) is 15.3.